The lowest BCUT2D eigenvalue weighted by molar-refractivity contribution is -0.131. The fourth-order valence-electron chi connectivity index (χ4n) is 2.36. The third kappa shape index (κ3) is 2.31. The SMILES string of the molecule is CC(C)C1(O)CN(Cc2cc(-c3ccco3)on2)C1. The zero-order valence-corrected chi connectivity index (χ0v) is 11.2. The van der Waals surface area contributed by atoms with Crippen molar-refractivity contribution in [3.05, 3.63) is 30.2 Å². The third-order valence-corrected chi connectivity index (χ3v) is 3.78. The Bertz CT molecular complexity index is 539. The summed E-state index contributed by atoms with van der Waals surface area (Å²) in [6.45, 7) is 6.16. The molecule has 0 bridgehead atoms. The molecule has 1 fully saturated rings. The molecule has 0 aromatic carbocycles. The van der Waals surface area contributed by atoms with Gasteiger partial charge >= 0.3 is 0 Å². The number of hydrogen-bond acceptors (Lipinski definition) is 5. The van der Waals surface area contributed by atoms with Crippen LogP contribution in [0.4, 0.5) is 0 Å². The summed E-state index contributed by atoms with van der Waals surface area (Å²) in [6, 6.07) is 5.53. The number of likely N-dealkylation sites (tertiary alicyclic amines) is 1. The van der Waals surface area contributed by atoms with Gasteiger partial charge in [0, 0.05) is 25.7 Å². The average molecular weight is 262 g/mol. The number of aromatic nitrogens is 1. The van der Waals surface area contributed by atoms with Crippen molar-refractivity contribution < 1.29 is 14.0 Å². The minimum absolute atomic E-state index is 0.278. The molecule has 0 saturated carbocycles. The molecule has 1 saturated heterocycles. The Kier molecular flexibility index (Phi) is 2.95. The van der Waals surface area contributed by atoms with Crippen molar-refractivity contribution >= 4 is 0 Å². The molecule has 19 heavy (non-hydrogen) atoms. The minimum Gasteiger partial charge on any atom is -0.461 e. The Morgan fingerprint density at radius 1 is 1.42 bits per heavy atom. The molecule has 5 heteroatoms. The van der Waals surface area contributed by atoms with Crippen LogP contribution in [0.5, 0.6) is 0 Å². The van der Waals surface area contributed by atoms with Gasteiger partial charge < -0.3 is 14.0 Å². The third-order valence-electron chi connectivity index (χ3n) is 3.78. The van der Waals surface area contributed by atoms with Gasteiger partial charge in [0.25, 0.3) is 0 Å². The molecule has 1 aliphatic rings. The molecule has 1 N–H and O–H groups in total. The molecule has 3 heterocycles. The first kappa shape index (κ1) is 12.4. The Balaban J connectivity index is 1.61. The quantitative estimate of drug-likeness (QED) is 0.914. The van der Waals surface area contributed by atoms with Gasteiger partial charge in [-0.05, 0) is 18.1 Å². The molecule has 0 radical (unpaired) electrons. The fourth-order valence-corrected chi connectivity index (χ4v) is 2.36. The van der Waals surface area contributed by atoms with Gasteiger partial charge in [0.2, 0.25) is 5.76 Å². The van der Waals surface area contributed by atoms with E-state index in [1.807, 2.05) is 32.0 Å². The van der Waals surface area contributed by atoms with Crippen molar-refractivity contribution in [2.45, 2.75) is 26.0 Å². The monoisotopic (exact) mass is 262 g/mol. The highest BCUT2D eigenvalue weighted by molar-refractivity contribution is 5.49. The van der Waals surface area contributed by atoms with Crippen molar-refractivity contribution in [3.8, 4) is 11.5 Å². The van der Waals surface area contributed by atoms with Gasteiger partial charge in [-0.2, -0.15) is 0 Å². The van der Waals surface area contributed by atoms with Gasteiger partial charge in [-0.25, -0.2) is 0 Å². The van der Waals surface area contributed by atoms with E-state index in [4.69, 9.17) is 8.94 Å². The van der Waals surface area contributed by atoms with E-state index in [1.165, 1.54) is 0 Å². The number of β-amino-alcohol motifs (C(OH)–C–C–N with tert-alkyl or cyclic N) is 1. The summed E-state index contributed by atoms with van der Waals surface area (Å²) < 4.78 is 10.5. The molecular formula is C14H18N2O3. The van der Waals surface area contributed by atoms with Crippen LogP contribution in [0.25, 0.3) is 11.5 Å². The minimum atomic E-state index is -0.548. The molecule has 1 aliphatic heterocycles. The van der Waals surface area contributed by atoms with Gasteiger partial charge in [-0.15, -0.1) is 0 Å². The van der Waals surface area contributed by atoms with Gasteiger partial charge in [-0.3, -0.25) is 4.90 Å². The number of nitrogens with zero attached hydrogens (tertiary/aromatic N) is 2. The summed E-state index contributed by atoms with van der Waals surface area (Å²) in [5.74, 6) is 1.60. The normalized spacial score (nSPS) is 18.7. The van der Waals surface area contributed by atoms with Crippen LogP contribution in [0.15, 0.2) is 33.4 Å². The molecule has 3 rings (SSSR count). The maximum absolute atomic E-state index is 10.2. The van der Waals surface area contributed by atoms with Gasteiger partial charge in [0.15, 0.2) is 5.76 Å². The van der Waals surface area contributed by atoms with Crippen LogP contribution in [0.1, 0.15) is 19.5 Å². The second-order valence-corrected chi connectivity index (χ2v) is 5.56. The second-order valence-electron chi connectivity index (χ2n) is 5.56. The first-order chi connectivity index (χ1) is 9.07. The lowest BCUT2D eigenvalue weighted by Gasteiger charge is -2.48. The van der Waals surface area contributed by atoms with Crippen molar-refractivity contribution in [1.29, 1.82) is 0 Å². The Morgan fingerprint density at radius 3 is 2.84 bits per heavy atom. The van der Waals surface area contributed by atoms with Crippen LogP contribution < -0.4 is 0 Å². The lowest BCUT2D eigenvalue weighted by Crippen LogP contribution is -2.63. The van der Waals surface area contributed by atoms with E-state index in [2.05, 4.69) is 10.1 Å². The van der Waals surface area contributed by atoms with E-state index >= 15 is 0 Å². The van der Waals surface area contributed by atoms with E-state index in [0.717, 1.165) is 5.69 Å². The molecule has 0 aliphatic carbocycles. The number of aliphatic hydroxyl groups is 1. The molecule has 2 aromatic rings. The maximum atomic E-state index is 10.2. The first-order valence-corrected chi connectivity index (χ1v) is 6.51. The van der Waals surface area contributed by atoms with E-state index in [-0.39, 0.29) is 5.92 Å². The average Bonchev–Trinajstić information content (AvgIpc) is 2.96. The second kappa shape index (κ2) is 4.51. The molecule has 0 amide bonds. The summed E-state index contributed by atoms with van der Waals surface area (Å²) in [6.07, 6.45) is 1.61. The summed E-state index contributed by atoms with van der Waals surface area (Å²) >= 11 is 0. The van der Waals surface area contributed by atoms with Crippen molar-refractivity contribution in [2.24, 2.45) is 5.92 Å². The van der Waals surface area contributed by atoms with Crippen LogP contribution in [0, 0.1) is 5.92 Å². The van der Waals surface area contributed by atoms with E-state index in [1.54, 1.807) is 6.26 Å². The van der Waals surface area contributed by atoms with Crippen LogP contribution in [0.3, 0.4) is 0 Å². The Labute approximate surface area is 111 Å². The first-order valence-electron chi connectivity index (χ1n) is 6.51. The highest BCUT2D eigenvalue weighted by Crippen LogP contribution is 2.30. The van der Waals surface area contributed by atoms with Gasteiger partial charge in [0.1, 0.15) is 0 Å². The molecule has 102 valence electrons. The summed E-state index contributed by atoms with van der Waals surface area (Å²) in [4.78, 5) is 2.16. The smallest absolute Gasteiger partial charge is 0.202 e. The summed E-state index contributed by atoms with van der Waals surface area (Å²) in [5.41, 5.74) is 0.310. The zero-order valence-electron chi connectivity index (χ0n) is 11.2. The van der Waals surface area contributed by atoms with E-state index < -0.39 is 5.60 Å². The van der Waals surface area contributed by atoms with Crippen molar-refractivity contribution in [2.75, 3.05) is 13.1 Å². The predicted octanol–water partition coefficient (Wildman–Crippen LogP) is 2.14. The lowest BCUT2D eigenvalue weighted by atomic mass is 9.83. The number of furan rings is 1. The molecule has 0 atom stereocenters. The highest BCUT2D eigenvalue weighted by atomic mass is 16.5. The van der Waals surface area contributed by atoms with Crippen molar-refractivity contribution in [1.82, 2.24) is 10.1 Å². The van der Waals surface area contributed by atoms with Crippen molar-refractivity contribution in [3.63, 3.8) is 0 Å². The molecule has 5 nitrogen and oxygen atoms in total. The standard InChI is InChI=1S/C14H18N2O3/c1-10(2)14(17)8-16(9-14)7-11-6-13(19-15-11)12-4-3-5-18-12/h3-6,10,17H,7-9H2,1-2H3. The maximum Gasteiger partial charge on any atom is 0.202 e. The molecular weight excluding hydrogens is 244 g/mol. The number of rotatable bonds is 4. The van der Waals surface area contributed by atoms with Crippen LogP contribution >= 0.6 is 0 Å². The Morgan fingerprint density at radius 2 is 2.21 bits per heavy atom. The van der Waals surface area contributed by atoms with Crippen LogP contribution in [-0.4, -0.2) is 33.9 Å². The highest BCUT2D eigenvalue weighted by Gasteiger charge is 2.43. The molecule has 0 unspecified atom stereocenters. The van der Waals surface area contributed by atoms with Crippen LogP contribution in [0.2, 0.25) is 0 Å². The van der Waals surface area contributed by atoms with Gasteiger partial charge in [-0.1, -0.05) is 19.0 Å². The van der Waals surface area contributed by atoms with E-state index in [9.17, 15) is 5.11 Å². The van der Waals surface area contributed by atoms with E-state index in [0.29, 0.717) is 31.2 Å². The Hall–Kier alpha value is -1.59. The fraction of sp³-hybridized carbons (Fsp3) is 0.500. The summed E-state index contributed by atoms with van der Waals surface area (Å²) in [7, 11) is 0. The molecule has 2 aromatic heterocycles. The van der Waals surface area contributed by atoms with Gasteiger partial charge in [0.05, 0.1) is 17.6 Å². The number of hydrogen-bond donors (Lipinski definition) is 1. The predicted molar refractivity (Wildman–Crippen MR) is 69.3 cm³/mol. The largest absolute Gasteiger partial charge is 0.461 e. The zero-order chi connectivity index (χ0) is 13.5. The van der Waals surface area contributed by atoms with Crippen LogP contribution in [-0.2, 0) is 6.54 Å². The summed E-state index contributed by atoms with van der Waals surface area (Å²) in [5, 5.41) is 14.2. The topological polar surface area (TPSA) is 62.6 Å². The molecule has 0 spiro atoms.